The largest absolute Gasteiger partial charge is 0.392 e. The highest BCUT2D eigenvalue weighted by Gasteiger charge is 1.91. The molecule has 0 atom stereocenters. The zero-order valence-electron chi connectivity index (χ0n) is 7.81. The van der Waals surface area contributed by atoms with Gasteiger partial charge in [0.15, 0.2) is 0 Å². The summed E-state index contributed by atoms with van der Waals surface area (Å²) >= 11 is 0. The highest BCUT2D eigenvalue weighted by Crippen LogP contribution is 2.13. The minimum absolute atomic E-state index is 0.0606. The van der Waals surface area contributed by atoms with Gasteiger partial charge in [-0.2, -0.15) is 0 Å². The van der Waals surface area contributed by atoms with Crippen LogP contribution in [0.2, 0.25) is 0 Å². The van der Waals surface area contributed by atoms with Crippen LogP contribution in [-0.4, -0.2) is 24.2 Å². The molecule has 0 saturated carbocycles. The SMILES string of the molecule is CN(C)N=Nc1ccc(CO)cc1. The molecule has 0 aliphatic heterocycles. The predicted molar refractivity (Wildman–Crippen MR) is 50.6 cm³/mol. The molecule has 0 fully saturated rings. The Hall–Kier alpha value is -1.42. The van der Waals surface area contributed by atoms with Crippen LogP contribution < -0.4 is 0 Å². The summed E-state index contributed by atoms with van der Waals surface area (Å²) in [5.74, 6) is 0. The van der Waals surface area contributed by atoms with Crippen LogP contribution in [0.15, 0.2) is 34.6 Å². The number of aliphatic hydroxyl groups excluding tert-OH is 1. The smallest absolute Gasteiger partial charge is 0.0874 e. The van der Waals surface area contributed by atoms with E-state index >= 15 is 0 Å². The van der Waals surface area contributed by atoms with E-state index in [0.717, 1.165) is 11.3 Å². The van der Waals surface area contributed by atoms with Crippen molar-refractivity contribution in [2.24, 2.45) is 10.3 Å². The Morgan fingerprint density at radius 1 is 1.23 bits per heavy atom. The zero-order valence-corrected chi connectivity index (χ0v) is 7.81. The van der Waals surface area contributed by atoms with Crippen LogP contribution in [0.4, 0.5) is 5.69 Å². The summed E-state index contributed by atoms with van der Waals surface area (Å²) in [6, 6.07) is 7.28. The lowest BCUT2D eigenvalue weighted by Crippen LogP contribution is -1.98. The summed E-state index contributed by atoms with van der Waals surface area (Å²) in [6.07, 6.45) is 0. The Bertz CT molecular complexity index is 279. The number of hydrogen-bond acceptors (Lipinski definition) is 3. The van der Waals surface area contributed by atoms with Crippen molar-refractivity contribution >= 4 is 5.69 Å². The quantitative estimate of drug-likeness (QED) is 0.567. The molecule has 13 heavy (non-hydrogen) atoms. The molecule has 4 nitrogen and oxygen atoms in total. The Morgan fingerprint density at radius 2 is 1.85 bits per heavy atom. The van der Waals surface area contributed by atoms with Gasteiger partial charge in [0.2, 0.25) is 0 Å². The van der Waals surface area contributed by atoms with Crippen molar-refractivity contribution in [1.29, 1.82) is 0 Å². The van der Waals surface area contributed by atoms with E-state index in [1.54, 1.807) is 5.01 Å². The maximum Gasteiger partial charge on any atom is 0.0874 e. The van der Waals surface area contributed by atoms with E-state index in [2.05, 4.69) is 10.3 Å². The maximum atomic E-state index is 8.78. The van der Waals surface area contributed by atoms with Gasteiger partial charge in [-0.25, -0.2) is 0 Å². The van der Waals surface area contributed by atoms with Crippen molar-refractivity contribution in [2.45, 2.75) is 6.61 Å². The fraction of sp³-hybridized carbons (Fsp3) is 0.333. The lowest BCUT2D eigenvalue weighted by Gasteiger charge is -2.00. The highest BCUT2D eigenvalue weighted by atomic mass is 16.3. The van der Waals surface area contributed by atoms with Crippen molar-refractivity contribution in [2.75, 3.05) is 14.1 Å². The molecule has 0 aromatic heterocycles. The molecule has 70 valence electrons. The molecule has 0 bridgehead atoms. The third-order valence-corrected chi connectivity index (χ3v) is 1.46. The molecule has 0 radical (unpaired) electrons. The van der Waals surface area contributed by atoms with Gasteiger partial charge in [-0.3, -0.25) is 5.01 Å². The molecule has 0 heterocycles. The van der Waals surface area contributed by atoms with E-state index in [1.807, 2.05) is 38.4 Å². The van der Waals surface area contributed by atoms with E-state index in [4.69, 9.17) is 5.11 Å². The molecule has 0 amide bonds. The molecular weight excluding hydrogens is 166 g/mol. The number of rotatable bonds is 3. The second kappa shape index (κ2) is 4.57. The van der Waals surface area contributed by atoms with Gasteiger partial charge in [0.05, 0.1) is 12.3 Å². The van der Waals surface area contributed by atoms with Crippen LogP contribution in [-0.2, 0) is 6.61 Å². The van der Waals surface area contributed by atoms with E-state index in [-0.39, 0.29) is 6.61 Å². The fourth-order valence-corrected chi connectivity index (χ4v) is 0.809. The first-order valence-corrected chi connectivity index (χ1v) is 4.01. The fourth-order valence-electron chi connectivity index (χ4n) is 0.809. The van der Waals surface area contributed by atoms with E-state index in [0.29, 0.717) is 0 Å². The first kappa shape index (κ1) is 9.67. The van der Waals surface area contributed by atoms with Gasteiger partial charge >= 0.3 is 0 Å². The summed E-state index contributed by atoms with van der Waals surface area (Å²) in [4.78, 5) is 0. The predicted octanol–water partition coefficient (Wildman–Crippen LogP) is 1.74. The molecule has 1 rings (SSSR count). The minimum atomic E-state index is 0.0606. The standard InChI is InChI=1S/C9H13N3O/c1-12(2)11-10-9-5-3-8(7-13)4-6-9/h3-6,13H,7H2,1-2H3. The molecule has 0 spiro atoms. The van der Waals surface area contributed by atoms with Crippen molar-refractivity contribution in [3.63, 3.8) is 0 Å². The van der Waals surface area contributed by atoms with Gasteiger partial charge in [0.1, 0.15) is 0 Å². The third-order valence-electron chi connectivity index (χ3n) is 1.46. The van der Waals surface area contributed by atoms with Gasteiger partial charge in [-0.05, 0) is 17.7 Å². The number of nitrogens with zero attached hydrogens (tertiary/aromatic N) is 3. The average molecular weight is 179 g/mol. The van der Waals surface area contributed by atoms with Crippen LogP contribution in [0.5, 0.6) is 0 Å². The van der Waals surface area contributed by atoms with E-state index in [1.165, 1.54) is 0 Å². The van der Waals surface area contributed by atoms with Crippen molar-refractivity contribution in [3.8, 4) is 0 Å². The van der Waals surface area contributed by atoms with Gasteiger partial charge in [-0.15, -0.1) is 5.11 Å². The molecule has 4 heteroatoms. The normalized spacial score (nSPS) is 10.7. The lowest BCUT2D eigenvalue weighted by molar-refractivity contribution is 0.282. The molecule has 1 aromatic carbocycles. The van der Waals surface area contributed by atoms with Crippen molar-refractivity contribution in [3.05, 3.63) is 29.8 Å². The molecule has 0 saturated heterocycles. The summed E-state index contributed by atoms with van der Waals surface area (Å²) in [7, 11) is 3.62. The second-order valence-electron chi connectivity index (χ2n) is 2.86. The Morgan fingerprint density at radius 3 is 2.31 bits per heavy atom. The lowest BCUT2D eigenvalue weighted by atomic mass is 10.2. The highest BCUT2D eigenvalue weighted by molar-refractivity contribution is 5.37. The van der Waals surface area contributed by atoms with Crippen LogP contribution in [0.1, 0.15) is 5.56 Å². The number of aliphatic hydroxyl groups is 1. The Balaban J connectivity index is 2.69. The number of hydrogen-bond donors (Lipinski definition) is 1. The summed E-state index contributed by atoms with van der Waals surface area (Å²) in [5.41, 5.74) is 1.66. The van der Waals surface area contributed by atoms with Crippen LogP contribution in [0, 0.1) is 0 Å². The van der Waals surface area contributed by atoms with Crippen LogP contribution in [0.25, 0.3) is 0 Å². The number of benzene rings is 1. The topological polar surface area (TPSA) is 48.2 Å². The molecule has 0 aliphatic carbocycles. The van der Waals surface area contributed by atoms with Crippen LogP contribution in [0.3, 0.4) is 0 Å². The first-order chi connectivity index (χ1) is 6.22. The molecule has 1 aromatic rings. The van der Waals surface area contributed by atoms with Crippen molar-refractivity contribution in [1.82, 2.24) is 5.01 Å². The average Bonchev–Trinajstić information content (AvgIpc) is 2.15. The zero-order chi connectivity index (χ0) is 9.68. The monoisotopic (exact) mass is 179 g/mol. The molecular formula is C9H13N3O. The van der Waals surface area contributed by atoms with Gasteiger partial charge in [-0.1, -0.05) is 17.4 Å². The third kappa shape index (κ3) is 3.21. The summed E-state index contributed by atoms with van der Waals surface area (Å²) in [5, 5.41) is 18.2. The van der Waals surface area contributed by atoms with Gasteiger partial charge in [0, 0.05) is 14.1 Å². The van der Waals surface area contributed by atoms with Crippen LogP contribution >= 0.6 is 0 Å². The second-order valence-corrected chi connectivity index (χ2v) is 2.86. The molecule has 0 aliphatic rings. The molecule has 1 N–H and O–H groups in total. The van der Waals surface area contributed by atoms with E-state index in [9.17, 15) is 0 Å². The summed E-state index contributed by atoms with van der Waals surface area (Å²) < 4.78 is 0. The Kier molecular flexibility index (Phi) is 3.40. The minimum Gasteiger partial charge on any atom is -0.392 e. The Labute approximate surface area is 77.5 Å². The maximum absolute atomic E-state index is 8.78. The molecule has 0 unspecified atom stereocenters. The first-order valence-electron chi connectivity index (χ1n) is 4.01. The van der Waals surface area contributed by atoms with Gasteiger partial charge in [0.25, 0.3) is 0 Å². The van der Waals surface area contributed by atoms with E-state index < -0.39 is 0 Å². The van der Waals surface area contributed by atoms with Gasteiger partial charge < -0.3 is 5.11 Å². The summed E-state index contributed by atoms with van der Waals surface area (Å²) in [6.45, 7) is 0.0606. The van der Waals surface area contributed by atoms with Crippen molar-refractivity contribution < 1.29 is 5.11 Å².